The second kappa shape index (κ2) is 7.27. The van der Waals surface area contributed by atoms with Crippen molar-refractivity contribution < 1.29 is 21.9 Å². The zero-order valence-electron chi connectivity index (χ0n) is 17.3. The molecule has 3 heterocycles. The number of aromatic amines is 1. The molecule has 3 aromatic heterocycles. The normalized spacial score (nSPS) is 12.0. The van der Waals surface area contributed by atoms with Gasteiger partial charge < -0.3 is 14.3 Å². The molecular weight excluding hydrogens is 454 g/mol. The Bertz CT molecular complexity index is 1740. The summed E-state index contributed by atoms with van der Waals surface area (Å²) in [6.45, 7) is 0. The van der Waals surface area contributed by atoms with Crippen LogP contribution in [-0.2, 0) is 17.1 Å². The van der Waals surface area contributed by atoms with Crippen LogP contribution in [0.4, 0.5) is 8.78 Å². The van der Waals surface area contributed by atoms with E-state index < -0.39 is 21.7 Å². The minimum atomic E-state index is -3.72. The average Bonchev–Trinajstić information content (AvgIpc) is 3.40. The molecule has 0 atom stereocenters. The van der Waals surface area contributed by atoms with E-state index in [1.165, 1.54) is 4.57 Å². The Kier molecular flexibility index (Phi) is 4.60. The van der Waals surface area contributed by atoms with Gasteiger partial charge in [0.1, 0.15) is 23.2 Å². The number of fused-ring (bicyclic) bond motifs is 2. The quantitative estimate of drug-likeness (QED) is 0.431. The highest BCUT2D eigenvalue weighted by molar-refractivity contribution is 7.89. The zero-order chi connectivity index (χ0) is 23.5. The molecule has 1 N–H and O–H groups in total. The minimum Gasteiger partial charge on any atom is -0.452 e. The maximum atomic E-state index is 14.3. The summed E-state index contributed by atoms with van der Waals surface area (Å²) in [5, 5.41) is 0.613. The average molecular weight is 470 g/mol. The molecule has 0 saturated heterocycles. The number of hydrogen-bond acceptors (Lipinski definition) is 5. The van der Waals surface area contributed by atoms with Crippen LogP contribution in [0.5, 0.6) is 11.5 Å². The maximum Gasteiger partial charge on any atom is 0.274 e. The fourth-order valence-corrected chi connectivity index (χ4v) is 4.45. The number of rotatable bonds is 4. The molecule has 168 valence electrons. The number of nitrogens with zero attached hydrogens (tertiary/aromatic N) is 3. The first-order valence-electron chi connectivity index (χ1n) is 9.65. The molecule has 33 heavy (non-hydrogen) atoms. The lowest BCUT2D eigenvalue weighted by Gasteiger charge is -2.12. The monoisotopic (exact) mass is 470 g/mol. The maximum absolute atomic E-state index is 14.3. The molecule has 0 bridgehead atoms. The lowest BCUT2D eigenvalue weighted by Crippen LogP contribution is -2.16. The molecule has 5 rings (SSSR count). The first-order valence-corrected chi connectivity index (χ1v) is 11.5. The number of aryl methyl sites for hydroxylation is 1. The number of H-pyrrole nitrogens is 1. The zero-order valence-corrected chi connectivity index (χ0v) is 18.2. The van der Waals surface area contributed by atoms with Crippen molar-refractivity contribution >= 4 is 32.0 Å². The van der Waals surface area contributed by atoms with Crippen LogP contribution in [0.3, 0.4) is 0 Å². The fourth-order valence-electron chi connectivity index (χ4n) is 3.74. The number of hydrogen-bond donors (Lipinski definition) is 1. The van der Waals surface area contributed by atoms with Crippen molar-refractivity contribution in [2.75, 3.05) is 6.26 Å². The predicted octanol–water partition coefficient (Wildman–Crippen LogP) is 3.76. The largest absolute Gasteiger partial charge is 0.452 e. The topological polar surface area (TPSA) is 99.0 Å². The van der Waals surface area contributed by atoms with Crippen LogP contribution >= 0.6 is 0 Å². The van der Waals surface area contributed by atoms with E-state index in [1.807, 2.05) is 0 Å². The van der Waals surface area contributed by atoms with Gasteiger partial charge in [0.05, 0.1) is 11.8 Å². The van der Waals surface area contributed by atoms with Crippen molar-refractivity contribution in [3.8, 4) is 22.6 Å². The van der Waals surface area contributed by atoms with Crippen LogP contribution in [0.1, 0.15) is 0 Å². The number of imidazole rings is 1. The van der Waals surface area contributed by atoms with Crippen molar-refractivity contribution in [2.45, 2.75) is 0 Å². The van der Waals surface area contributed by atoms with Gasteiger partial charge in [-0.25, -0.2) is 26.2 Å². The third kappa shape index (κ3) is 3.46. The van der Waals surface area contributed by atoms with Crippen LogP contribution in [0, 0.1) is 11.6 Å². The summed E-state index contributed by atoms with van der Waals surface area (Å²) in [6, 6.07) is 7.75. The van der Waals surface area contributed by atoms with E-state index in [9.17, 15) is 22.0 Å². The molecule has 0 radical (unpaired) electrons. The van der Waals surface area contributed by atoms with Gasteiger partial charge in [-0.15, -0.1) is 0 Å². The molecule has 0 aliphatic heterocycles. The van der Waals surface area contributed by atoms with Gasteiger partial charge in [0.2, 0.25) is 10.0 Å². The van der Waals surface area contributed by atoms with E-state index in [2.05, 4.69) is 9.97 Å². The number of halogens is 2. The van der Waals surface area contributed by atoms with E-state index in [0.717, 1.165) is 28.7 Å². The molecule has 0 unspecified atom stereocenters. The number of aromatic nitrogens is 4. The predicted molar refractivity (Wildman–Crippen MR) is 119 cm³/mol. The molecule has 8 nitrogen and oxygen atoms in total. The fraction of sp³-hybridized carbons (Fsp3) is 0.0909. The van der Waals surface area contributed by atoms with E-state index in [4.69, 9.17) is 4.74 Å². The summed E-state index contributed by atoms with van der Waals surface area (Å²) in [5.41, 5.74) is 1.63. The van der Waals surface area contributed by atoms with Crippen LogP contribution in [0.2, 0.25) is 0 Å². The van der Waals surface area contributed by atoms with Crippen LogP contribution in [0.25, 0.3) is 33.1 Å². The van der Waals surface area contributed by atoms with Crippen molar-refractivity contribution in [2.24, 2.45) is 7.05 Å². The summed E-state index contributed by atoms with van der Waals surface area (Å²) >= 11 is 0. The summed E-state index contributed by atoms with van der Waals surface area (Å²) in [6.07, 6.45) is 5.39. The van der Waals surface area contributed by atoms with Crippen molar-refractivity contribution in [3.05, 3.63) is 77.1 Å². The molecule has 2 aromatic carbocycles. The Balaban J connectivity index is 1.81. The molecule has 0 aliphatic carbocycles. The molecular formula is C22H16F2N4O4S. The molecule has 0 amide bonds. The molecule has 11 heteroatoms. The van der Waals surface area contributed by atoms with Gasteiger partial charge in [-0.2, -0.15) is 0 Å². The third-order valence-electron chi connectivity index (χ3n) is 5.26. The third-order valence-corrected chi connectivity index (χ3v) is 6.27. The first kappa shape index (κ1) is 20.9. The smallest absolute Gasteiger partial charge is 0.274 e. The lowest BCUT2D eigenvalue weighted by molar-refractivity contribution is 0.441. The van der Waals surface area contributed by atoms with E-state index in [1.54, 1.807) is 37.6 Å². The lowest BCUT2D eigenvalue weighted by atomic mass is 10.0. The Morgan fingerprint density at radius 3 is 2.61 bits per heavy atom. The number of benzene rings is 2. The molecule has 0 saturated carbocycles. The minimum absolute atomic E-state index is 0.0629. The van der Waals surface area contributed by atoms with Gasteiger partial charge in [0, 0.05) is 36.5 Å². The Morgan fingerprint density at radius 2 is 1.88 bits per heavy atom. The highest BCUT2D eigenvalue weighted by Crippen LogP contribution is 2.37. The second-order valence-electron chi connectivity index (χ2n) is 7.55. The highest BCUT2D eigenvalue weighted by Gasteiger charge is 2.20. The standard InChI is InChI=1S/C22H16F2N4O4S/c1-27-10-15(14-5-6-25-20(14)22(27)29)12-7-17-21(26-11-28(17)33(2,30)31)19(8-12)32-18-4-3-13(23)9-16(18)24/h3-11,25H,1-2H3. The van der Waals surface area contributed by atoms with Crippen molar-refractivity contribution in [1.29, 1.82) is 0 Å². The summed E-state index contributed by atoms with van der Waals surface area (Å²) in [5.74, 6) is -1.88. The Hall–Kier alpha value is -3.99. The summed E-state index contributed by atoms with van der Waals surface area (Å²) in [4.78, 5) is 19.5. The van der Waals surface area contributed by atoms with Gasteiger partial charge >= 0.3 is 0 Å². The SMILES string of the molecule is Cn1cc(-c2cc(Oc3ccc(F)cc3F)c3ncn(S(C)(=O)=O)c3c2)c2cc[nH]c2c1=O. The molecule has 0 spiro atoms. The van der Waals surface area contributed by atoms with Gasteiger partial charge in [0.15, 0.2) is 17.3 Å². The van der Waals surface area contributed by atoms with E-state index in [-0.39, 0.29) is 28.1 Å². The van der Waals surface area contributed by atoms with Crippen LogP contribution in [-0.4, -0.2) is 33.2 Å². The number of nitrogens with one attached hydrogen (secondary N) is 1. The van der Waals surface area contributed by atoms with Gasteiger partial charge in [-0.1, -0.05) is 0 Å². The second-order valence-corrected chi connectivity index (χ2v) is 9.41. The number of pyridine rings is 1. The summed E-state index contributed by atoms with van der Waals surface area (Å²) < 4.78 is 60.4. The Morgan fingerprint density at radius 1 is 1.09 bits per heavy atom. The van der Waals surface area contributed by atoms with Crippen LogP contribution in [0.15, 0.2) is 59.9 Å². The van der Waals surface area contributed by atoms with Crippen LogP contribution < -0.4 is 10.3 Å². The van der Waals surface area contributed by atoms with Gasteiger partial charge in [-0.05, 0) is 35.9 Å². The molecule has 0 aliphatic rings. The molecule has 5 aromatic rings. The van der Waals surface area contributed by atoms with Crippen molar-refractivity contribution in [1.82, 2.24) is 18.5 Å². The number of ether oxygens (including phenoxy) is 1. The molecule has 0 fully saturated rings. The van der Waals surface area contributed by atoms with E-state index in [0.29, 0.717) is 28.1 Å². The van der Waals surface area contributed by atoms with Gasteiger partial charge in [-0.3, -0.25) is 4.79 Å². The highest BCUT2D eigenvalue weighted by atomic mass is 32.2. The first-order chi connectivity index (χ1) is 15.6. The summed E-state index contributed by atoms with van der Waals surface area (Å²) in [7, 11) is -2.13. The van der Waals surface area contributed by atoms with E-state index >= 15 is 0 Å². The van der Waals surface area contributed by atoms with Crippen molar-refractivity contribution in [3.63, 3.8) is 0 Å². The van der Waals surface area contributed by atoms with Gasteiger partial charge in [0.25, 0.3) is 5.56 Å². The Labute approximate surface area is 185 Å².